The molecule has 1 nitrogen and oxygen atoms in total. The SMILES string of the molecule is CC.CC(C)(C)C.CCN(C)C. The summed E-state index contributed by atoms with van der Waals surface area (Å²) in [6.07, 6.45) is 0. The minimum Gasteiger partial charge on any atom is -0.310 e. The second kappa shape index (κ2) is 11.0. The summed E-state index contributed by atoms with van der Waals surface area (Å²) in [5, 5.41) is 0. The van der Waals surface area contributed by atoms with Gasteiger partial charge in [0.05, 0.1) is 0 Å². The summed E-state index contributed by atoms with van der Waals surface area (Å²) >= 11 is 0. The first kappa shape index (κ1) is 17.9. The van der Waals surface area contributed by atoms with Crippen LogP contribution in [0.15, 0.2) is 0 Å². The predicted molar refractivity (Wildman–Crippen MR) is 60.7 cm³/mol. The van der Waals surface area contributed by atoms with Gasteiger partial charge in [-0.3, -0.25) is 0 Å². The van der Waals surface area contributed by atoms with E-state index in [1.165, 1.54) is 0 Å². The molecule has 0 aliphatic carbocycles. The molecule has 0 saturated carbocycles. The van der Waals surface area contributed by atoms with Crippen LogP contribution >= 0.6 is 0 Å². The predicted octanol–water partition coefficient (Wildman–Crippen LogP) is 3.65. The van der Waals surface area contributed by atoms with Gasteiger partial charge in [-0.15, -0.1) is 0 Å². The molecule has 0 unspecified atom stereocenters. The summed E-state index contributed by atoms with van der Waals surface area (Å²) in [5.74, 6) is 0. The zero-order valence-corrected chi connectivity index (χ0v) is 10.7. The van der Waals surface area contributed by atoms with Gasteiger partial charge in [-0.2, -0.15) is 0 Å². The van der Waals surface area contributed by atoms with Crippen molar-refractivity contribution in [1.29, 1.82) is 0 Å². The van der Waals surface area contributed by atoms with Crippen LogP contribution in [0, 0.1) is 5.41 Å². The zero-order chi connectivity index (χ0) is 10.8. The van der Waals surface area contributed by atoms with Crippen molar-refractivity contribution >= 4 is 0 Å². The van der Waals surface area contributed by atoms with Gasteiger partial charge in [0.2, 0.25) is 0 Å². The molecule has 1 heteroatoms. The Balaban J connectivity index is -0.000000112. The third kappa shape index (κ3) is 208. The van der Waals surface area contributed by atoms with Crippen LogP contribution in [0.25, 0.3) is 0 Å². The van der Waals surface area contributed by atoms with Gasteiger partial charge < -0.3 is 4.90 Å². The van der Waals surface area contributed by atoms with Gasteiger partial charge in [-0.25, -0.2) is 0 Å². The van der Waals surface area contributed by atoms with Gasteiger partial charge >= 0.3 is 0 Å². The molecule has 0 rings (SSSR count). The lowest BCUT2D eigenvalue weighted by Gasteiger charge is -2.05. The summed E-state index contributed by atoms with van der Waals surface area (Å²) in [6.45, 7) is 16.0. The number of hydrogen-bond donors (Lipinski definition) is 0. The van der Waals surface area contributed by atoms with Crippen LogP contribution < -0.4 is 0 Å². The summed E-state index contributed by atoms with van der Waals surface area (Å²) in [4.78, 5) is 2.12. The highest BCUT2D eigenvalue weighted by atomic mass is 15.0. The highest BCUT2D eigenvalue weighted by molar-refractivity contribution is 4.47. The van der Waals surface area contributed by atoms with Crippen molar-refractivity contribution in [2.24, 2.45) is 5.41 Å². The van der Waals surface area contributed by atoms with E-state index in [2.05, 4.69) is 53.6 Å². The van der Waals surface area contributed by atoms with E-state index in [1.807, 2.05) is 13.8 Å². The first-order chi connectivity index (χ1) is 5.27. The smallest absolute Gasteiger partial charge is 0.00533 e. The molecule has 0 N–H and O–H groups in total. The van der Waals surface area contributed by atoms with E-state index in [-0.39, 0.29) is 0 Å². The summed E-state index contributed by atoms with van der Waals surface area (Å²) in [5.41, 5.74) is 0.500. The van der Waals surface area contributed by atoms with Gasteiger partial charge in [-0.05, 0) is 26.1 Å². The van der Waals surface area contributed by atoms with Crippen molar-refractivity contribution in [2.75, 3.05) is 20.6 Å². The molecule has 0 heterocycles. The van der Waals surface area contributed by atoms with Gasteiger partial charge in [0, 0.05) is 0 Å². The molecule has 0 aliphatic rings. The molecule has 0 aromatic carbocycles. The third-order valence-corrected chi connectivity index (χ3v) is 0.632. The molecule has 0 amide bonds. The van der Waals surface area contributed by atoms with E-state index in [4.69, 9.17) is 0 Å². The van der Waals surface area contributed by atoms with E-state index in [1.54, 1.807) is 0 Å². The fourth-order valence-corrected chi connectivity index (χ4v) is 0. The number of nitrogens with zero attached hydrogens (tertiary/aromatic N) is 1. The second-order valence-corrected chi connectivity index (χ2v) is 4.40. The van der Waals surface area contributed by atoms with Crippen LogP contribution in [0.1, 0.15) is 48.5 Å². The molecule has 78 valence electrons. The Labute approximate surface area is 80.2 Å². The Morgan fingerprint density at radius 2 is 1.00 bits per heavy atom. The fraction of sp³-hybridized carbons (Fsp3) is 1.00. The summed E-state index contributed by atoms with van der Waals surface area (Å²) in [6, 6.07) is 0. The molecule has 0 atom stereocenters. The van der Waals surface area contributed by atoms with E-state index in [0.29, 0.717) is 5.41 Å². The van der Waals surface area contributed by atoms with E-state index in [0.717, 1.165) is 6.54 Å². The zero-order valence-electron chi connectivity index (χ0n) is 10.7. The molecule has 0 radical (unpaired) electrons. The Hall–Kier alpha value is -0.0400. The lowest BCUT2D eigenvalue weighted by Crippen LogP contribution is -2.08. The maximum Gasteiger partial charge on any atom is -0.00533 e. The van der Waals surface area contributed by atoms with Crippen molar-refractivity contribution < 1.29 is 0 Å². The van der Waals surface area contributed by atoms with E-state index < -0.39 is 0 Å². The standard InChI is InChI=1S/C5H12.C4H11N.C2H6/c1-5(2,3)4;1-4-5(2)3;1-2/h1-4H3;4H2,1-3H3;1-2H3. The summed E-state index contributed by atoms with van der Waals surface area (Å²) < 4.78 is 0. The Morgan fingerprint density at radius 3 is 1.00 bits per heavy atom. The van der Waals surface area contributed by atoms with Crippen molar-refractivity contribution in [1.82, 2.24) is 4.90 Å². The van der Waals surface area contributed by atoms with E-state index >= 15 is 0 Å². The quantitative estimate of drug-likeness (QED) is 0.588. The lowest BCUT2D eigenvalue weighted by atomic mass is 10.0. The molecule has 12 heavy (non-hydrogen) atoms. The molecule has 0 saturated heterocycles. The van der Waals surface area contributed by atoms with Crippen molar-refractivity contribution in [3.05, 3.63) is 0 Å². The molecular formula is C11H29N. The number of rotatable bonds is 1. The highest BCUT2D eigenvalue weighted by Gasteiger charge is 1.95. The Bertz CT molecular complexity index is 53.9. The number of hydrogen-bond acceptors (Lipinski definition) is 1. The highest BCUT2D eigenvalue weighted by Crippen LogP contribution is 2.07. The average Bonchev–Trinajstić information content (AvgIpc) is 1.89. The largest absolute Gasteiger partial charge is 0.310 e. The van der Waals surface area contributed by atoms with Gasteiger partial charge in [0.1, 0.15) is 0 Å². The topological polar surface area (TPSA) is 3.24 Å². The van der Waals surface area contributed by atoms with Gasteiger partial charge in [-0.1, -0.05) is 48.5 Å². The average molecular weight is 175 g/mol. The summed E-state index contributed by atoms with van der Waals surface area (Å²) in [7, 11) is 4.11. The fourth-order valence-electron chi connectivity index (χ4n) is 0. The molecule has 0 bridgehead atoms. The molecule has 0 aliphatic heterocycles. The minimum absolute atomic E-state index is 0.500. The van der Waals surface area contributed by atoms with Crippen molar-refractivity contribution in [3.8, 4) is 0 Å². The molecule has 0 fully saturated rings. The third-order valence-electron chi connectivity index (χ3n) is 0.632. The van der Waals surface area contributed by atoms with Gasteiger partial charge in [0.25, 0.3) is 0 Å². The normalized spacial score (nSPS) is 9.50. The van der Waals surface area contributed by atoms with E-state index in [9.17, 15) is 0 Å². The first-order valence-electron chi connectivity index (χ1n) is 4.92. The molecular weight excluding hydrogens is 146 g/mol. The van der Waals surface area contributed by atoms with Crippen LogP contribution in [0.4, 0.5) is 0 Å². The van der Waals surface area contributed by atoms with Gasteiger partial charge in [0.15, 0.2) is 0 Å². The van der Waals surface area contributed by atoms with Crippen molar-refractivity contribution in [2.45, 2.75) is 48.5 Å². The lowest BCUT2D eigenvalue weighted by molar-refractivity contribution is 0.434. The Kier molecular flexibility index (Phi) is 16.3. The van der Waals surface area contributed by atoms with Crippen LogP contribution in [0.2, 0.25) is 0 Å². The minimum atomic E-state index is 0.500. The maximum atomic E-state index is 2.19. The van der Waals surface area contributed by atoms with Crippen LogP contribution in [0.5, 0.6) is 0 Å². The maximum absolute atomic E-state index is 2.19. The first-order valence-corrected chi connectivity index (χ1v) is 4.92. The van der Waals surface area contributed by atoms with Crippen LogP contribution in [0.3, 0.4) is 0 Å². The van der Waals surface area contributed by atoms with Crippen LogP contribution in [-0.2, 0) is 0 Å². The molecule has 0 aromatic heterocycles. The Morgan fingerprint density at radius 1 is 0.917 bits per heavy atom. The second-order valence-electron chi connectivity index (χ2n) is 4.40. The van der Waals surface area contributed by atoms with Crippen molar-refractivity contribution in [3.63, 3.8) is 0 Å². The molecule has 0 aromatic rings. The monoisotopic (exact) mass is 175 g/mol. The molecule has 0 spiro atoms. The van der Waals surface area contributed by atoms with Crippen LogP contribution in [-0.4, -0.2) is 25.5 Å².